The lowest BCUT2D eigenvalue weighted by Crippen LogP contribution is -2.60. The van der Waals surface area contributed by atoms with Crippen LogP contribution in [0.3, 0.4) is 0 Å². The third-order valence-electron chi connectivity index (χ3n) is 3.26. The molecule has 1 fully saturated rings. The van der Waals surface area contributed by atoms with Gasteiger partial charge in [0.15, 0.2) is 0 Å². The van der Waals surface area contributed by atoms with Gasteiger partial charge in [0.1, 0.15) is 6.04 Å². The Morgan fingerprint density at radius 1 is 1.47 bits per heavy atom. The summed E-state index contributed by atoms with van der Waals surface area (Å²) in [6.07, 6.45) is 1.58. The summed E-state index contributed by atoms with van der Waals surface area (Å²) >= 11 is 0. The van der Waals surface area contributed by atoms with Crippen LogP contribution < -0.4 is 16.4 Å². The standard InChI is InChI=1S/C11H19N3O3/c1-3-11(12,4-2)10(17)13-7-5-6-8(15)14-9(7)16/h7H,3-6,12H2,1-2H3,(H,13,17)(H,14,15,16). The molecule has 3 amide bonds. The van der Waals surface area contributed by atoms with Gasteiger partial charge in [-0.1, -0.05) is 13.8 Å². The summed E-state index contributed by atoms with van der Waals surface area (Å²) in [5.74, 6) is -1.09. The number of carbonyl (C=O) groups is 3. The van der Waals surface area contributed by atoms with Gasteiger partial charge in [-0.05, 0) is 19.3 Å². The first-order chi connectivity index (χ1) is 7.92. The van der Waals surface area contributed by atoms with Crippen LogP contribution in [0.15, 0.2) is 0 Å². The predicted octanol–water partition coefficient (Wildman–Crippen LogP) is -0.575. The van der Waals surface area contributed by atoms with Crippen molar-refractivity contribution in [1.82, 2.24) is 10.6 Å². The first-order valence-electron chi connectivity index (χ1n) is 5.86. The number of hydrogen-bond acceptors (Lipinski definition) is 4. The lowest BCUT2D eigenvalue weighted by atomic mass is 9.92. The molecular weight excluding hydrogens is 222 g/mol. The molecule has 0 spiro atoms. The number of rotatable bonds is 4. The minimum atomic E-state index is -0.943. The maximum absolute atomic E-state index is 11.9. The molecule has 1 atom stereocenters. The van der Waals surface area contributed by atoms with E-state index in [4.69, 9.17) is 5.73 Å². The first kappa shape index (κ1) is 13.6. The summed E-state index contributed by atoms with van der Waals surface area (Å²) in [4.78, 5) is 34.3. The van der Waals surface area contributed by atoms with Gasteiger partial charge < -0.3 is 11.1 Å². The zero-order valence-electron chi connectivity index (χ0n) is 10.2. The van der Waals surface area contributed by atoms with Crippen molar-refractivity contribution in [3.05, 3.63) is 0 Å². The minimum Gasteiger partial charge on any atom is -0.343 e. The van der Waals surface area contributed by atoms with Gasteiger partial charge in [-0.25, -0.2) is 0 Å². The van der Waals surface area contributed by atoms with Gasteiger partial charge in [0.05, 0.1) is 5.54 Å². The van der Waals surface area contributed by atoms with Crippen LogP contribution in [0.2, 0.25) is 0 Å². The summed E-state index contributed by atoms with van der Waals surface area (Å²) < 4.78 is 0. The van der Waals surface area contributed by atoms with Crippen molar-refractivity contribution < 1.29 is 14.4 Å². The molecule has 6 heteroatoms. The van der Waals surface area contributed by atoms with Crippen LogP contribution in [0.1, 0.15) is 39.5 Å². The molecule has 1 rings (SSSR count). The van der Waals surface area contributed by atoms with Crippen LogP contribution in [0.5, 0.6) is 0 Å². The molecule has 0 saturated carbocycles. The third-order valence-corrected chi connectivity index (χ3v) is 3.26. The van der Waals surface area contributed by atoms with Crippen LogP contribution in [0.25, 0.3) is 0 Å². The summed E-state index contributed by atoms with van der Waals surface area (Å²) in [6.45, 7) is 3.65. The van der Waals surface area contributed by atoms with Crippen LogP contribution >= 0.6 is 0 Å². The molecule has 17 heavy (non-hydrogen) atoms. The first-order valence-corrected chi connectivity index (χ1v) is 5.86. The average molecular weight is 241 g/mol. The Hall–Kier alpha value is -1.43. The van der Waals surface area contributed by atoms with Crippen molar-refractivity contribution in [3.63, 3.8) is 0 Å². The molecule has 6 nitrogen and oxygen atoms in total. The Kier molecular flexibility index (Phi) is 4.22. The second-order valence-corrected chi connectivity index (χ2v) is 4.34. The number of piperidine rings is 1. The Bertz CT molecular complexity index is 337. The van der Waals surface area contributed by atoms with E-state index in [-0.39, 0.29) is 18.2 Å². The summed E-state index contributed by atoms with van der Waals surface area (Å²) in [5, 5.41) is 4.79. The number of nitrogens with two attached hydrogens (primary N) is 1. The lowest BCUT2D eigenvalue weighted by Gasteiger charge is -2.29. The highest BCUT2D eigenvalue weighted by atomic mass is 16.2. The summed E-state index contributed by atoms with van der Waals surface area (Å²) in [5.41, 5.74) is 4.98. The van der Waals surface area contributed by atoms with Gasteiger partial charge in [0, 0.05) is 6.42 Å². The van der Waals surface area contributed by atoms with Crippen molar-refractivity contribution in [2.75, 3.05) is 0 Å². The van der Waals surface area contributed by atoms with Crippen LogP contribution in [-0.2, 0) is 14.4 Å². The van der Waals surface area contributed by atoms with E-state index in [9.17, 15) is 14.4 Å². The van der Waals surface area contributed by atoms with Crippen LogP contribution in [-0.4, -0.2) is 29.3 Å². The predicted molar refractivity (Wildman–Crippen MR) is 61.8 cm³/mol. The number of hydrogen-bond donors (Lipinski definition) is 3. The van der Waals surface area contributed by atoms with Crippen molar-refractivity contribution in [2.45, 2.75) is 51.1 Å². The van der Waals surface area contributed by atoms with E-state index < -0.39 is 17.5 Å². The molecule has 1 unspecified atom stereocenters. The average Bonchev–Trinajstić information content (AvgIpc) is 2.31. The third kappa shape index (κ3) is 3.03. The fraction of sp³-hybridized carbons (Fsp3) is 0.727. The maximum Gasteiger partial charge on any atom is 0.249 e. The smallest absolute Gasteiger partial charge is 0.249 e. The largest absolute Gasteiger partial charge is 0.343 e. The summed E-state index contributed by atoms with van der Waals surface area (Å²) in [6, 6.07) is -0.652. The van der Waals surface area contributed by atoms with Gasteiger partial charge in [-0.2, -0.15) is 0 Å². The van der Waals surface area contributed by atoms with E-state index in [1.165, 1.54) is 0 Å². The normalized spacial score (nSPS) is 21.0. The van der Waals surface area contributed by atoms with Gasteiger partial charge >= 0.3 is 0 Å². The molecule has 0 aromatic carbocycles. The van der Waals surface area contributed by atoms with Gasteiger partial charge in [0.25, 0.3) is 0 Å². The van der Waals surface area contributed by atoms with Crippen molar-refractivity contribution in [1.29, 1.82) is 0 Å². The minimum absolute atomic E-state index is 0.243. The summed E-state index contributed by atoms with van der Waals surface area (Å²) in [7, 11) is 0. The fourth-order valence-corrected chi connectivity index (χ4v) is 1.70. The van der Waals surface area contributed by atoms with E-state index in [1.807, 2.05) is 13.8 Å². The molecule has 0 aromatic heterocycles. The Morgan fingerprint density at radius 3 is 2.53 bits per heavy atom. The SMILES string of the molecule is CCC(N)(CC)C(=O)NC1CCC(=O)NC1=O. The zero-order chi connectivity index (χ0) is 13.1. The molecule has 1 saturated heterocycles. The molecule has 0 aliphatic carbocycles. The number of nitrogens with one attached hydrogen (secondary N) is 2. The quantitative estimate of drug-likeness (QED) is 0.573. The van der Waals surface area contributed by atoms with Gasteiger partial charge in [-0.15, -0.1) is 0 Å². The molecule has 96 valence electrons. The van der Waals surface area contributed by atoms with E-state index in [1.54, 1.807) is 0 Å². The van der Waals surface area contributed by atoms with Gasteiger partial charge in [-0.3, -0.25) is 19.7 Å². The van der Waals surface area contributed by atoms with E-state index in [0.29, 0.717) is 19.3 Å². The fourth-order valence-electron chi connectivity index (χ4n) is 1.70. The lowest BCUT2D eigenvalue weighted by molar-refractivity contribution is -0.138. The van der Waals surface area contributed by atoms with Crippen LogP contribution in [0, 0.1) is 0 Å². The molecule has 0 aromatic rings. The molecular formula is C11H19N3O3. The maximum atomic E-state index is 11.9. The van der Waals surface area contributed by atoms with Gasteiger partial charge in [0.2, 0.25) is 17.7 Å². The second-order valence-electron chi connectivity index (χ2n) is 4.34. The van der Waals surface area contributed by atoms with Crippen LogP contribution in [0.4, 0.5) is 0 Å². The van der Waals surface area contributed by atoms with Crippen molar-refractivity contribution in [2.24, 2.45) is 5.73 Å². The highest BCUT2D eigenvalue weighted by molar-refractivity contribution is 6.02. The molecule has 1 heterocycles. The number of carbonyl (C=O) groups excluding carboxylic acids is 3. The molecule has 1 aliphatic rings. The topological polar surface area (TPSA) is 101 Å². The highest BCUT2D eigenvalue weighted by Crippen LogP contribution is 2.13. The molecule has 0 radical (unpaired) electrons. The van der Waals surface area contributed by atoms with Crippen molar-refractivity contribution >= 4 is 17.7 Å². The molecule has 4 N–H and O–H groups in total. The monoisotopic (exact) mass is 241 g/mol. The van der Waals surface area contributed by atoms with Crippen molar-refractivity contribution in [3.8, 4) is 0 Å². The number of amides is 3. The highest BCUT2D eigenvalue weighted by Gasteiger charge is 2.34. The Labute approximate surface area is 100 Å². The second kappa shape index (κ2) is 5.27. The van der Waals surface area contributed by atoms with E-state index in [0.717, 1.165) is 0 Å². The Morgan fingerprint density at radius 2 is 2.06 bits per heavy atom. The molecule has 1 aliphatic heterocycles. The number of imide groups is 1. The molecule has 0 bridgehead atoms. The van der Waals surface area contributed by atoms with E-state index in [2.05, 4.69) is 10.6 Å². The Balaban J connectivity index is 2.63. The zero-order valence-corrected chi connectivity index (χ0v) is 10.2. The van der Waals surface area contributed by atoms with E-state index >= 15 is 0 Å².